The molecule has 1 heterocycles. The van der Waals surface area contributed by atoms with E-state index in [1.165, 1.54) is 6.07 Å². The largest absolute Gasteiger partial charge is 0.396 e. The van der Waals surface area contributed by atoms with E-state index in [0.717, 1.165) is 31.6 Å². The predicted octanol–water partition coefficient (Wildman–Crippen LogP) is 2.13. The predicted molar refractivity (Wildman–Crippen MR) is 66.0 cm³/mol. The molecule has 0 spiro atoms. The lowest BCUT2D eigenvalue weighted by molar-refractivity contribution is 0.145. The normalized spacial score (nSPS) is 17.8. The number of halogens is 2. The van der Waals surface area contributed by atoms with Gasteiger partial charge < -0.3 is 15.7 Å². The molecule has 1 aromatic rings. The van der Waals surface area contributed by atoms with Crippen molar-refractivity contribution in [2.75, 3.05) is 23.7 Å². The van der Waals surface area contributed by atoms with E-state index in [9.17, 15) is 9.50 Å². The summed E-state index contributed by atoms with van der Waals surface area (Å²) >= 11 is 3.33. The molecule has 0 bridgehead atoms. The molecule has 0 unspecified atom stereocenters. The zero-order valence-corrected chi connectivity index (χ0v) is 10.4. The highest BCUT2D eigenvalue weighted by molar-refractivity contribution is 9.10. The molecule has 1 aliphatic heterocycles. The second-order valence-corrected chi connectivity index (χ2v) is 4.90. The van der Waals surface area contributed by atoms with Crippen LogP contribution in [0.15, 0.2) is 16.6 Å². The topological polar surface area (TPSA) is 49.5 Å². The van der Waals surface area contributed by atoms with Gasteiger partial charge in [-0.05, 0) is 40.9 Å². The molecule has 1 saturated heterocycles. The van der Waals surface area contributed by atoms with Gasteiger partial charge in [0.1, 0.15) is 5.82 Å². The summed E-state index contributed by atoms with van der Waals surface area (Å²) < 4.78 is 13.9. The van der Waals surface area contributed by atoms with Crippen molar-refractivity contribution in [3.05, 3.63) is 22.4 Å². The van der Waals surface area contributed by atoms with E-state index in [4.69, 9.17) is 5.73 Å². The van der Waals surface area contributed by atoms with E-state index in [0.29, 0.717) is 4.47 Å². The molecule has 0 radical (unpaired) electrons. The molecule has 3 N–H and O–H groups in total. The van der Waals surface area contributed by atoms with Crippen LogP contribution < -0.4 is 10.6 Å². The summed E-state index contributed by atoms with van der Waals surface area (Å²) in [6.07, 6.45) is 1.26. The Morgan fingerprint density at radius 3 is 2.62 bits per heavy atom. The fourth-order valence-electron chi connectivity index (χ4n) is 1.90. The van der Waals surface area contributed by atoms with Gasteiger partial charge in [0.05, 0.1) is 17.5 Å². The molecule has 16 heavy (non-hydrogen) atoms. The van der Waals surface area contributed by atoms with E-state index in [1.54, 1.807) is 6.07 Å². The Morgan fingerprint density at radius 1 is 1.38 bits per heavy atom. The number of piperidine rings is 1. The van der Waals surface area contributed by atoms with Gasteiger partial charge in [0.15, 0.2) is 0 Å². The average Bonchev–Trinajstić information content (AvgIpc) is 2.25. The van der Waals surface area contributed by atoms with Crippen molar-refractivity contribution in [1.29, 1.82) is 0 Å². The number of nitrogen functional groups attached to an aromatic ring is 1. The molecular formula is C11H14BrFN2O. The third-order valence-corrected chi connectivity index (χ3v) is 3.51. The molecule has 2 rings (SSSR count). The lowest BCUT2D eigenvalue weighted by atomic mass is 10.1. The Kier molecular flexibility index (Phi) is 3.35. The molecular weight excluding hydrogens is 275 g/mol. The van der Waals surface area contributed by atoms with Gasteiger partial charge in [-0.1, -0.05) is 0 Å². The molecule has 0 aromatic heterocycles. The van der Waals surface area contributed by atoms with Gasteiger partial charge in [0.25, 0.3) is 0 Å². The maximum Gasteiger partial charge on any atom is 0.147 e. The summed E-state index contributed by atoms with van der Waals surface area (Å²) in [6.45, 7) is 1.54. The minimum absolute atomic E-state index is 0.157. The van der Waals surface area contributed by atoms with E-state index < -0.39 is 5.82 Å². The van der Waals surface area contributed by atoms with Crippen LogP contribution >= 0.6 is 15.9 Å². The van der Waals surface area contributed by atoms with E-state index in [1.807, 2.05) is 0 Å². The maximum atomic E-state index is 13.2. The number of benzene rings is 1. The molecule has 0 amide bonds. The van der Waals surface area contributed by atoms with Crippen LogP contribution in [0.2, 0.25) is 0 Å². The zero-order valence-electron chi connectivity index (χ0n) is 8.79. The number of anilines is 2. The van der Waals surface area contributed by atoms with Crippen molar-refractivity contribution in [3.8, 4) is 0 Å². The first-order valence-electron chi connectivity index (χ1n) is 5.25. The van der Waals surface area contributed by atoms with Gasteiger partial charge in [-0.3, -0.25) is 0 Å². The quantitative estimate of drug-likeness (QED) is 0.779. The lowest BCUT2D eigenvalue weighted by Gasteiger charge is -2.32. The van der Waals surface area contributed by atoms with Crippen LogP contribution in [0, 0.1) is 5.82 Å². The van der Waals surface area contributed by atoms with Crippen LogP contribution in [0.3, 0.4) is 0 Å². The molecule has 1 fully saturated rings. The first kappa shape index (κ1) is 11.7. The van der Waals surface area contributed by atoms with Crippen molar-refractivity contribution in [2.24, 2.45) is 0 Å². The Balaban J connectivity index is 2.23. The molecule has 0 aliphatic carbocycles. The standard InChI is InChI=1S/C11H14BrFN2O/c12-8-5-9(13)10(14)6-11(8)15-3-1-7(16)2-4-15/h5-7,16H,1-4,14H2. The van der Waals surface area contributed by atoms with Crippen molar-refractivity contribution >= 4 is 27.3 Å². The van der Waals surface area contributed by atoms with Gasteiger partial charge in [0.2, 0.25) is 0 Å². The second kappa shape index (κ2) is 4.59. The van der Waals surface area contributed by atoms with Crippen LogP contribution in [0.4, 0.5) is 15.8 Å². The first-order chi connectivity index (χ1) is 7.58. The molecule has 1 aliphatic rings. The Morgan fingerprint density at radius 2 is 2.00 bits per heavy atom. The molecule has 0 atom stereocenters. The summed E-state index contributed by atoms with van der Waals surface area (Å²) in [6, 6.07) is 3.02. The number of aliphatic hydroxyl groups is 1. The van der Waals surface area contributed by atoms with Gasteiger partial charge in [0, 0.05) is 17.6 Å². The Labute approximate surface area is 102 Å². The van der Waals surface area contributed by atoms with Crippen LogP contribution in [0.25, 0.3) is 0 Å². The minimum atomic E-state index is -0.410. The molecule has 5 heteroatoms. The van der Waals surface area contributed by atoms with Gasteiger partial charge >= 0.3 is 0 Å². The highest BCUT2D eigenvalue weighted by atomic mass is 79.9. The second-order valence-electron chi connectivity index (χ2n) is 4.04. The fourth-order valence-corrected chi connectivity index (χ4v) is 2.47. The first-order valence-corrected chi connectivity index (χ1v) is 6.05. The molecule has 1 aromatic carbocycles. The summed E-state index contributed by atoms with van der Waals surface area (Å²) in [7, 11) is 0. The summed E-state index contributed by atoms with van der Waals surface area (Å²) in [4.78, 5) is 2.10. The Bertz CT molecular complexity index is 392. The highest BCUT2D eigenvalue weighted by Crippen LogP contribution is 2.32. The SMILES string of the molecule is Nc1cc(N2CCC(O)CC2)c(Br)cc1F. The van der Waals surface area contributed by atoms with Gasteiger partial charge in [-0.2, -0.15) is 0 Å². The van der Waals surface area contributed by atoms with Crippen molar-refractivity contribution in [3.63, 3.8) is 0 Å². The molecule has 0 saturated carbocycles. The van der Waals surface area contributed by atoms with Crippen molar-refractivity contribution in [2.45, 2.75) is 18.9 Å². The fraction of sp³-hybridized carbons (Fsp3) is 0.455. The monoisotopic (exact) mass is 288 g/mol. The molecule has 3 nitrogen and oxygen atoms in total. The van der Waals surface area contributed by atoms with Gasteiger partial charge in [-0.15, -0.1) is 0 Å². The number of nitrogens with two attached hydrogens (primary N) is 1. The number of hydrogen-bond acceptors (Lipinski definition) is 3. The lowest BCUT2D eigenvalue weighted by Crippen LogP contribution is -2.36. The summed E-state index contributed by atoms with van der Waals surface area (Å²) in [5.41, 5.74) is 6.60. The third kappa shape index (κ3) is 2.30. The average molecular weight is 289 g/mol. The van der Waals surface area contributed by atoms with E-state index >= 15 is 0 Å². The van der Waals surface area contributed by atoms with Crippen LogP contribution in [0.1, 0.15) is 12.8 Å². The highest BCUT2D eigenvalue weighted by Gasteiger charge is 2.19. The van der Waals surface area contributed by atoms with Crippen molar-refractivity contribution in [1.82, 2.24) is 0 Å². The number of aliphatic hydroxyl groups excluding tert-OH is 1. The van der Waals surface area contributed by atoms with E-state index in [2.05, 4.69) is 20.8 Å². The minimum Gasteiger partial charge on any atom is -0.396 e. The zero-order chi connectivity index (χ0) is 11.7. The number of nitrogens with zero attached hydrogens (tertiary/aromatic N) is 1. The van der Waals surface area contributed by atoms with Crippen LogP contribution in [0.5, 0.6) is 0 Å². The third-order valence-electron chi connectivity index (χ3n) is 2.87. The van der Waals surface area contributed by atoms with E-state index in [-0.39, 0.29) is 11.8 Å². The smallest absolute Gasteiger partial charge is 0.147 e. The maximum absolute atomic E-state index is 13.2. The number of rotatable bonds is 1. The number of hydrogen-bond donors (Lipinski definition) is 2. The van der Waals surface area contributed by atoms with Crippen LogP contribution in [-0.4, -0.2) is 24.3 Å². The van der Waals surface area contributed by atoms with Crippen molar-refractivity contribution < 1.29 is 9.50 Å². The van der Waals surface area contributed by atoms with Crippen LogP contribution in [-0.2, 0) is 0 Å². The Hall–Kier alpha value is -0.810. The van der Waals surface area contributed by atoms with Gasteiger partial charge in [-0.25, -0.2) is 4.39 Å². The summed E-state index contributed by atoms with van der Waals surface area (Å²) in [5, 5.41) is 9.42. The molecule has 88 valence electrons. The summed E-state index contributed by atoms with van der Waals surface area (Å²) in [5.74, 6) is -0.410.